The summed E-state index contributed by atoms with van der Waals surface area (Å²) in [5.74, 6) is 1.71. The first-order chi connectivity index (χ1) is 17.5. The standard InChI is InChI=1S/C23H27N11O2/c1-16-10-17(2)34(29-16)21-11-20(26-14-27-21)31-8-3-4-18(12-31)23(36)25-7-9-32-22(35)6-5-19(30-32)33-15-24-13-28-33/h5-6,10-11,13-15,18H,3-4,7-9,12H2,1-2H3,(H,25,36). The molecule has 0 aliphatic carbocycles. The van der Waals surface area contributed by atoms with Crippen molar-refractivity contribution >= 4 is 11.7 Å². The molecule has 4 aromatic rings. The third-order valence-corrected chi connectivity index (χ3v) is 6.11. The van der Waals surface area contributed by atoms with Crippen LogP contribution >= 0.6 is 0 Å². The summed E-state index contributed by atoms with van der Waals surface area (Å²) < 4.78 is 4.58. The maximum Gasteiger partial charge on any atom is 0.266 e. The van der Waals surface area contributed by atoms with Crippen molar-refractivity contribution in [1.82, 2.24) is 49.6 Å². The predicted molar refractivity (Wildman–Crippen MR) is 130 cm³/mol. The number of aromatic nitrogens is 9. The van der Waals surface area contributed by atoms with E-state index in [0.29, 0.717) is 24.7 Å². The Bertz CT molecular complexity index is 1410. The number of piperidine rings is 1. The van der Waals surface area contributed by atoms with Gasteiger partial charge >= 0.3 is 0 Å². The van der Waals surface area contributed by atoms with Gasteiger partial charge in [0.05, 0.1) is 18.2 Å². The van der Waals surface area contributed by atoms with E-state index in [9.17, 15) is 9.59 Å². The number of amides is 1. The van der Waals surface area contributed by atoms with Gasteiger partial charge in [0.2, 0.25) is 5.91 Å². The quantitative estimate of drug-likeness (QED) is 0.391. The molecule has 0 bridgehead atoms. The molecule has 1 N–H and O–H groups in total. The molecule has 1 atom stereocenters. The average molecular weight is 490 g/mol. The van der Waals surface area contributed by atoms with Crippen LogP contribution in [-0.4, -0.2) is 69.8 Å². The molecule has 0 saturated carbocycles. The van der Waals surface area contributed by atoms with E-state index in [1.165, 1.54) is 34.4 Å². The van der Waals surface area contributed by atoms with Crippen molar-refractivity contribution in [2.45, 2.75) is 33.2 Å². The lowest BCUT2D eigenvalue weighted by molar-refractivity contribution is -0.125. The number of aryl methyl sites for hydroxylation is 2. The van der Waals surface area contributed by atoms with Gasteiger partial charge in [-0.1, -0.05) is 0 Å². The van der Waals surface area contributed by atoms with Crippen molar-refractivity contribution in [3.8, 4) is 11.6 Å². The van der Waals surface area contributed by atoms with Gasteiger partial charge in [-0.05, 0) is 38.8 Å². The molecule has 1 unspecified atom stereocenters. The van der Waals surface area contributed by atoms with Crippen molar-refractivity contribution in [3.63, 3.8) is 0 Å². The van der Waals surface area contributed by atoms with Crippen LogP contribution in [0.2, 0.25) is 0 Å². The Balaban J connectivity index is 1.20. The van der Waals surface area contributed by atoms with Crippen molar-refractivity contribution in [2.75, 3.05) is 24.5 Å². The largest absolute Gasteiger partial charge is 0.356 e. The molecule has 13 nitrogen and oxygen atoms in total. The van der Waals surface area contributed by atoms with Crippen LogP contribution in [-0.2, 0) is 11.3 Å². The van der Waals surface area contributed by atoms with E-state index in [2.05, 4.69) is 40.5 Å². The topological polar surface area (TPSA) is 142 Å². The highest BCUT2D eigenvalue weighted by Crippen LogP contribution is 2.23. The molecule has 1 saturated heterocycles. The fourth-order valence-corrected chi connectivity index (χ4v) is 4.36. The van der Waals surface area contributed by atoms with Crippen molar-refractivity contribution in [2.24, 2.45) is 5.92 Å². The Morgan fingerprint density at radius 3 is 2.72 bits per heavy atom. The SMILES string of the molecule is Cc1cc(C)n(-c2cc(N3CCCC(C(=O)NCCn4nc(-n5cncn5)ccc4=O)C3)ncn2)n1. The highest BCUT2D eigenvalue weighted by Gasteiger charge is 2.26. The minimum atomic E-state index is -0.251. The number of anilines is 1. The molecule has 0 spiro atoms. The monoisotopic (exact) mass is 489 g/mol. The Kier molecular flexibility index (Phi) is 6.52. The van der Waals surface area contributed by atoms with Crippen molar-refractivity contribution in [3.05, 3.63) is 65.0 Å². The second-order valence-corrected chi connectivity index (χ2v) is 8.74. The van der Waals surface area contributed by atoms with E-state index < -0.39 is 0 Å². The predicted octanol–water partition coefficient (Wildman–Crippen LogP) is 0.449. The Hall–Kier alpha value is -4.42. The van der Waals surface area contributed by atoms with Crippen LogP contribution in [0.3, 0.4) is 0 Å². The average Bonchev–Trinajstić information content (AvgIpc) is 3.55. The second-order valence-electron chi connectivity index (χ2n) is 8.74. The molecule has 13 heteroatoms. The molecule has 186 valence electrons. The molecule has 0 aromatic carbocycles. The number of carbonyl (C=O) groups is 1. The van der Waals surface area contributed by atoms with Crippen molar-refractivity contribution in [1.29, 1.82) is 0 Å². The maximum absolute atomic E-state index is 12.9. The van der Waals surface area contributed by atoms with Crippen LogP contribution in [0, 0.1) is 19.8 Å². The summed E-state index contributed by atoms with van der Waals surface area (Å²) in [6.07, 6.45) is 6.09. The fraction of sp³-hybridized carbons (Fsp3) is 0.391. The van der Waals surface area contributed by atoms with Crippen LogP contribution in [0.4, 0.5) is 5.82 Å². The van der Waals surface area contributed by atoms with Crippen LogP contribution in [0.15, 0.2) is 48.0 Å². The summed E-state index contributed by atoms with van der Waals surface area (Å²) in [4.78, 5) is 39.9. The van der Waals surface area contributed by atoms with Gasteiger partial charge in [0, 0.05) is 37.5 Å². The summed E-state index contributed by atoms with van der Waals surface area (Å²) in [6.45, 7) is 5.84. The number of hydrogen-bond acceptors (Lipinski definition) is 9. The Morgan fingerprint density at radius 2 is 1.94 bits per heavy atom. The number of nitrogens with zero attached hydrogens (tertiary/aromatic N) is 10. The normalized spacial score (nSPS) is 15.7. The van der Waals surface area contributed by atoms with Gasteiger partial charge in [0.1, 0.15) is 24.8 Å². The molecule has 1 amide bonds. The molecular weight excluding hydrogens is 462 g/mol. The van der Waals surface area contributed by atoms with Gasteiger partial charge in [-0.15, -0.1) is 5.10 Å². The molecule has 5 rings (SSSR count). The van der Waals surface area contributed by atoms with E-state index in [-0.39, 0.29) is 23.9 Å². The molecule has 1 aliphatic heterocycles. The summed E-state index contributed by atoms with van der Waals surface area (Å²) >= 11 is 0. The lowest BCUT2D eigenvalue weighted by Crippen LogP contribution is -2.44. The van der Waals surface area contributed by atoms with Crippen molar-refractivity contribution < 1.29 is 4.79 Å². The Morgan fingerprint density at radius 1 is 1.08 bits per heavy atom. The van der Waals surface area contributed by atoms with E-state index in [1.54, 1.807) is 10.7 Å². The number of nitrogens with one attached hydrogen (secondary N) is 1. The lowest BCUT2D eigenvalue weighted by atomic mass is 9.97. The molecule has 4 aromatic heterocycles. The van der Waals surface area contributed by atoms with Crippen LogP contribution < -0.4 is 15.8 Å². The maximum atomic E-state index is 12.9. The fourth-order valence-electron chi connectivity index (χ4n) is 4.36. The minimum Gasteiger partial charge on any atom is -0.356 e. The zero-order valence-electron chi connectivity index (χ0n) is 20.2. The van der Waals surface area contributed by atoms with Gasteiger partial charge in [-0.25, -0.2) is 29.0 Å². The molecule has 0 radical (unpaired) electrons. The third-order valence-electron chi connectivity index (χ3n) is 6.11. The lowest BCUT2D eigenvalue weighted by Gasteiger charge is -2.33. The van der Waals surface area contributed by atoms with E-state index in [4.69, 9.17) is 0 Å². The minimum absolute atomic E-state index is 0.0481. The van der Waals surface area contributed by atoms with E-state index in [1.807, 2.05) is 26.0 Å². The molecule has 1 fully saturated rings. The smallest absolute Gasteiger partial charge is 0.266 e. The van der Waals surface area contributed by atoms with Gasteiger partial charge < -0.3 is 10.2 Å². The van der Waals surface area contributed by atoms with Gasteiger partial charge in [0.25, 0.3) is 5.56 Å². The van der Waals surface area contributed by atoms with Gasteiger partial charge in [0.15, 0.2) is 11.6 Å². The third kappa shape index (κ3) is 4.99. The summed E-state index contributed by atoms with van der Waals surface area (Å²) in [5.41, 5.74) is 1.66. The zero-order chi connectivity index (χ0) is 25.1. The number of hydrogen-bond donors (Lipinski definition) is 1. The van der Waals surface area contributed by atoms with Crippen LogP contribution in [0.1, 0.15) is 24.2 Å². The first-order valence-electron chi connectivity index (χ1n) is 11.8. The molecule has 5 heterocycles. The van der Waals surface area contributed by atoms with Gasteiger partial charge in [-0.3, -0.25) is 9.59 Å². The molecule has 1 aliphatic rings. The van der Waals surface area contributed by atoms with Crippen LogP contribution in [0.25, 0.3) is 11.6 Å². The van der Waals surface area contributed by atoms with Crippen LogP contribution in [0.5, 0.6) is 0 Å². The first-order valence-corrected chi connectivity index (χ1v) is 11.8. The summed E-state index contributed by atoms with van der Waals surface area (Å²) in [5, 5.41) is 15.8. The summed E-state index contributed by atoms with van der Waals surface area (Å²) in [6, 6.07) is 6.90. The second kappa shape index (κ2) is 10.1. The molecule has 36 heavy (non-hydrogen) atoms. The zero-order valence-corrected chi connectivity index (χ0v) is 20.2. The van der Waals surface area contributed by atoms with Gasteiger partial charge in [-0.2, -0.15) is 10.2 Å². The molecular formula is C23H27N11O2. The number of carbonyl (C=O) groups excluding carboxylic acids is 1. The first kappa shape index (κ1) is 23.3. The number of rotatable bonds is 7. The highest BCUT2D eigenvalue weighted by molar-refractivity contribution is 5.79. The Labute approximate surface area is 206 Å². The highest BCUT2D eigenvalue weighted by atomic mass is 16.2. The van der Waals surface area contributed by atoms with E-state index >= 15 is 0 Å². The van der Waals surface area contributed by atoms with E-state index in [0.717, 1.165) is 36.6 Å². The summed E-state index contributed by atoms with van der Waals surface area (Å²) in [7, 11) is 0.